The van der Waals surface area contributed by atoms with E-state index in [1.807, 2.05) is 22.8 Å². The fraction of sp³-hybridized carbons (Fsp3) is 0.310. The predicted molar refractivity (Wildman–Crippen MR) is 143 cm³/mol. The van der Waals surface area contributed by atoms with Crippen molar-refractivity contribution in [3.63, 3.8) is 0 Å². The molecule has 4 heterocycles. The number of nitrogens with zero attached hydrogens (tertiary/aromatic N) is 3. The average Bonchev–Trinajstić information content (AvgIpc) is 3.45. The van der Waals surface area contributed by atoms with Gasteiger partial charge in [0.1, 0.15) is 29.5 Å². The maximum Gasteiger partial charge on any atom is 0.371 e. The van der Waals surface area contributed by atoms with E-state index in [1.54, 1.807) is 12.1 Å². The van der Waals surface area contributed by atoms with Gasteiger partial charge in [0.15, 0.2) is 0 Å². The molecule has 0 saturated carbocycles. The van der Waals surface area contributed by atoms with Gasteiger partial charge in [0.25, 0.3) is 0 Å². The molecule has 202 valence electrons. The summed E-state index contributed by atoms with van der Waals surface area (Å²) < 4.78 is 33.1. The molecule has 0 amide bonds. The molecule has 0 unspecified atom stereocenters. The van der Waals surface area contributed by atoms with Crippen LogP contribution in [0.4, 0.5) is 4.39 Å². The number of aromatic nitrogens is 2. The maximum absolute atomic E-state index is 14.1. The quantitative estimate of drug-likeness (QED) is 0.282. The second-order valence-electron chi connectivity index (χ2n) is 9.79. The minimum atomic E-state index is -1.11. The summed E-state index contributed by atoms with van der Waals surface area (Å²) in [5.41, 5.74) is 3.77. The van der Waals surface area contributed by atoms with Crippen LogP contribution in [0, 0.1) is 5.82 Å². The van der Waals surface area contributed by atoms with Gasteiger partial charge in [0.2, 0.25) is 11.5 Å². The van der Waals surface area contributed by atoms with Gasteiger partial charge in [-0.2, -0.15) is 4.98 Å². The largest absolute Gasteiger partial charge is 0.489 e. The number of benzene rings is 2. The lowest BCUT2D eigenvalue weighted by atomic mass is 9.99. The molecule has 1 N–H and O–H groups in total. The van der Waals surface area contributed by atoms with Crippen LogP contribution < -0.4 is 4.74 Å². The Bertz CT molecular complexity index is 1560. The average molecular weight is 552 g/mol. The van der Waals surface area contributed by atoms with Crippen molar-refractivity contribution in [1.29, 1.82) is 0 Å². The number of ether oxygens (including phenoxy) is 2. The number of carboxylic acid groups (broad SMARTS) is 1. The topological polar surface area (TPSA) is 90.0 Å². The van der Waals surface area contributed by atoms with Gasteiger partial charge in [0, 0.05) is 36.3 Å². The van der Waals surface area contributed by atoms with Crippen molar-refractivity contribution < 1.29 is 28.2 Å². The molecule has 2 aromatic carbocycles. The van der Waals surface area contributed by atoms with Gasteiger partial charge in [-0.1, -0.05) is 35.9 Å². The van der Waals surface area contributed by atoms with Crippen LogP contribution in [-0.2, 0) is 24.4 Å². The third kappa shape index (κ3) is 5.56. The molecule has 10 heteroatoms. The second-order valence-corrected chi connectivity index (χ2v) is 10.2. The Balaban J connectivity index is 1.13. The number of halogens is 2. The Morgan fingerprint density at radius 3 is 2.82 bits per heavy atom. The van der Waals surface area contributed by atoms with Crippen LogP contribution in [0.5, 0.6) is 5.75 Å². The lowest BCUT2D eigenvalue weighted by molar-refractivity contribution is -0.0591. The molecule has 1 atom stereocenters. The number of imidazole rings is 1. The third-order valence-electron chi connectivity index (χ3n) is 7.19. The third-order valence-corrected chi connectivity index (χ3v) is 7.42. The SMILES string of the molecule is O=C(O)c1cc2c(nc(CN3CC=C(c4cccc(OCc5ccc(Cl)cc5F)c4)CC3)n2C[C@@H]2CCO2)o1. The van der Waals surface area contributed by atoms with Crippen molar-refractivity contribution in [2.45, 2.75) is 38.6 Å². The number of furan rings is 1. The van der Waals surface area contributed by atoms with Crippen molar-refractivity contribution >= 4 is 34.4 Å². The van der Waals surface area contributed by atoms with Crippen molar-refractivity contribution in [1.82, 2.24) is 14.5 Å². The lowest BCUT2D eigenvalue weighted by Gasteiger charge is -2.29. The van der Waals surface area contributed by atoms with Gasteiger partial charge < -0.3 is 23.6 Å². The van der Waals surface area contributed by atoms with Gasteiger partial charge in [-0.15, -0.1) is 0 Å². The summed E-state index contributed by atoms with van der Waals surface area (Å²) in [6, 6.07) is 13.9. The minimum absolute atomic E-state index is 0.0999. The Morgan fingerprint density at radius 1 is 1.23 bits per heavy atom. The number of hydrogen-bond donors (Lipinski definition) is 1. The van der Waals surface area contributed by atoms with Crippen LogP contribution in [0.15, 0.2) is 59.0 Å². The van der Waals surface area contributed by atoms with E-state index >= 15 is 0 Å². The summed E-state index contributed by atoms with van der Waals surface area (Å²) in [4.78, 5) is 18.3. The molecular weight excluding hydrogens is 525 g/mol. The van der Waals surface area contributed by atoms with Crippen molar-refractivity contribution in [3.8, 4) is 5.75 Å². The molecule has 1 fully saturated rings. The zero-order valence-electron chi connectivity index (χ0n) is 21.1. The fourth-order valence-electron chi connectivity index (χ4n) is 4.93. The molecule has 0 spiro atoms. The first-order valence-electron chi connectivity index (χ1n) is 12.9. The van der Waals surface area contributed by atoms with Crippen LogP contribution in [0.3, 0.4) is 0 Å². The molecule has 8 nitrogen and oxygen atoms in total. The maximum atomic E-state index is 14.1. The van der Waals surface area contributed by atoms with Gasteiger partial charge in [0.05, 0.1) is 19.2 Å². The first-order chi connectivity index (χ1) is 18.9. The first kappa shape index (κ1) is 25.6. The predicted octanol–water partition coefficient (Wildman–Crippen LogP) is 5.78. The second kappa shape index (κ2) is 10.8. The summed E-state index contributed by atoms with van der Waals surface area (Å²) in [6.45, 7) is 3.67. The number of carboxylic acids is 1. The van der Waals surface area contributed by atoms with E-state index in [0.717, 1.165) is 43.9 Å². The van der Waals surface area contributed by atoms with E-state index in [1.165, 1.54) is 17.7 Å². The van der Waals surface area contributed by atoms with Gasteiger partial charge in [-0.3, -0.25) is 4.90 Å². The van der Waals surface area contributed by atoms with Gasteiger partial charge in [-0.25, -0.2) is 9.18 Å². The Morgan fingerprint density at radius 2 is 2.10 bits per heavy atom. The van der Waals surface area contributed by atoms with Crippen LogP contribution >= 0.6 is 11.6 Å². The summed E-state index contributed by atoms with van der Waals surface area (Å²) in [6.07, 6.45) is 4.12. The van der Waals surface area contributed by atoms with Crippen LogP contribution in [0.2, 0.25) is 5.02 Å². The number of aromatic carboxylic acids is 1. The molecule has 1 saturated heterocycles. The highest BCUT2D eigenvalue weighted by molar-refractivity contribution is 6.30. The number of fused-ring (bicyclic) bond motifs is 1. The summed E-state index contributed by atoms with van der Waals surface area (Å²) >= 11 is 5.84. The standard InChI is InChI=1S/C29H27ClFN3O5/c30-21-5-4-20(24(31)13-21)17-38-22-3-1-2-19(12-22)18-6-9-33(10-7-18)16-27-32-28-25(14-26(39-28)29(35)36)34(27)15-23-8-11-37-23/h1-6,12-14,23H,7-11,15-17H2,(H,35,36)/t23-/m0/s1. The van der Waals surface area contributed by atoms with Crippen molar-refractivity contribution in [3.05, 3.63) is 88.2 Å². The van der Waals surface area contributed by atoms with E-state index in [2.05, 4.69) is 22.0 Å². The zero-order valence-corrected chi connectivity index (χ0v) is 21.9. The number of hydrogen-bond acceptors (Lipinski definition) is 6. The molecule has 2 aliphatic rings. The minimum Gasteiger partial charge on any atom is -0.489 e. The van der Waals surface area contributed by atoms with Gasteiger partial charge in [-0.05, 0) is 48.2 Å². The molecule has 6 rings (SSSR count). The first-order valence-corrected chi connectivity index (χ1v) is 13.2. The highest BCUT2D eigenvalue weighted by atomic mass is 35.5. The van der Waals surface area contributed by atoms with Gasteiger partial charge >= 0.3 is 5.97 Å². The van der Waals surface area contributed by atoms with Crippen LogP contribution in [0.25, 0.3) is 16.8 Å². The smallest absolute Gasteiger partial charge is 0.371 e. The normalized spacial score (nSPS) is 17.7. The monoisotopic (exact) mass is 551 g/mol. The Hall–Kier alpha value is -3.66. The number of rotatable bonds is 9. The fourth-order valence-corrected chi connectivity index (χ4v) is 5.09. The van der Waals surface area contributed by atoms with E-state index in [9.17, 15) is 14.3 Å². The lowest BCUT2D eigenvalue weighted by Crippen LogP contribution is -2.33. The van der Waals surface area contributed by atoms with E-state index < -0.39 is 5.97 Å². The number of carbonyl (C=O) groups is 1. The Labute approximate surface area is 229 Å². The van der Waals surface area contributed by atoms with Crippen LogP contribution in [0.1, 0.15) is 40.3 Å². The molecule has 2 aliphatic heterocycles. The summed E-state index contributed by atoms with van der Waals surface area (Å²) in [7, 11) is 0. The highest BCUT2D eigenvalue weighted by Gasteiger charge is 2.26. The molecule has 39 heavy (non-hydrogen) atoms. The summed E-state index contributed by atoms with van der Waals surface area (Å²) in [5.74, 6) is -0.102. The molecule has 2 aromatic heterocycles. The molecule has 4 aromatic rings. The van der Waals surface area contributed by atoms with E-state index in [0.29, 0.717) is 40.7 Å². The molecule has 0 radical (unpaired) electrons. The van der Waals surface area contributed by atoms with E-state index in [-0.39, 0.29) is 24.3 Å². The molecule has 0 bridgehead atoms. The van der Waals surface area contributed by atoms with Crippen molar-refractivity contribution in [2.75, 3.05) is 19.7 Å². The Kier molecular flexibility index (Phi) is 7.12. The molecular formula is C29H27ClFN3O5. The summed E-state index contributed by atoms with van der Waals surface area (Å²) in [5, 5.41) is 9.66. The van der Waals surface area contributed by atoms with E-state index in [4.69, 9.17) is 25.5 Å². The van der Waals surface area contributed by atoms with Crippen LogP contribution in [-0.4, -0.2) is 51.3 Å². The zero-order chi connectivity index (χ0) is 26.9. The van der Waals surface area contributed by atoms with Crippen molar-refractivity contribution in [2.24, 2.45) is 0 Å². The molecule has 0 aliphatic carbocycles. The highest BCUT2D eigenvalue weighted by Crippen LogP contribution is 2.29.